The van der Waals surface area contributed by atoms with E-state index >= 15 is 0 Å². The van der Waals surface area contributed by atoms with Gasteiger partial charge in [0.2, 0.25) is 15.9 Å². The van der Waals surface area contributed by atoms with Crippen molar-refractivity contribution in [3.05, 3.63) is 65.7 Å². The molecule has 0 aliphatic heterocycles. The Labute approximate surface area is 149 Å². The van der Waals surface area contributed by atoms with Crippen molar-refractivity contribution in [1.82, 2.24) is 4.31 Å². The molecule has 2 aromatic carbocycles. The fourth-order valence-electron chi connectivity index (χ4n) is 2.21. The molecule has 0 aliphatic rings. The number of hydrogen-bond donors (Lipinski definition) is 1. The third-order valence-electron chi connectivity index (χ3n) is 3.46. The number of nitrogens with zero attached hydrogens (tertiary/aromatic N) is 1. The maximum atomic E-state index is 12.7. The Hall–Kier alpha value is -2.39. The largest absolute Gasteiger partial charge is 0.416 e. The third kappa shape index (κ3) is 5.85. The molecule has 0 fully saturated rings. The standard InChI is InChI=1S/C17H17F3N2O3S/c1-26(24,25)22(11-13-6-3-2-4-7-13)12-16(23)21-15-9-5-8-14(10-15)17(18,19)20/h2-10H,11-12H2,1H3,(H,21,23). The number of benzene rings is 2. The van der Waals surface area contributed by atoms with Crippen LogP contribution < -0.4 is 5.32 Å². The molecule has 0 saturated carbocycles. The zero-order valence-electron chi connectivity index (χ0n) is 13.8. The SMILES string of the molecule is CS(=O)(=O)N(CC(=O)Nc1cccc(C(F)(F)F)c1)Cc1ccccc1. The third-order valence-corrected chi connectivity index (χ3v) is 4.66. The van der Waals surface area contributed by atoms with E-state index in [1.165, 1.54) is 6.07 Å². The van der Waals surface area contributed by atoms with Crippen LogP contribution in [0.4, 0.5) is 18.9 Å². The van der Waals surface area contributed by atoms with Gasteiger partial charge in [-0.2, -0.15) is 17.5 Å². The van der Waals surface area contributed by atoms with Crippen molar-refractivity contribution in [2.24, 2.45) is 0 Å². The lowest BCUT2D eigenvalue weighted by Crippen LogP contribution is -2.36. The molecule has 1 amide bonds. The normalized spacial score (nSPS) is 12.2. The summed E-state index contributed by atoms with van der Waals surface area (Å²) < 4.78 is 62.9. The summed E-state index contributed by atoms with van der Waals surface area (Å²) in [4.78, 5) is 12.1. The predicted molar refractivity (Wildman–Crippen MR) is 91.8 cm³/mol. The van der Waals surface area contributed by atoms with E-state index in [0.29, 0.717) is 5.56 Å². The average Bonchev–Trinajstić information content (AvgIpc) is 2.54. The van der Waals surface area contributed by atoms with Gasteiger partial charge in [-0.25, -0.2) is 8.42 Å². The van der Waals surface area contributed by atoms with Crippen LogP contribution in [0.5, 0.6) is 0 Å². The van der Waals surface area contributed by atoms with Gasteiger partial charge in [0.05, 0.1) is 18.4 Å². The molecule has 5 nitrogen and oxygen atoms in total. The van der Waals surface area contributed by atoms with Gasteiger partial charge in [0.25, 0.3) is 0 Å². The molecule has 9 heteroatoms. The second kappa shape index (κ2) is 7.88. The Morgan fingerprint density at radius 2 is 1.73 bits per heavy atom. The molecule has 0 unspecified atom stereocenters. The summed E-state index contributed by atoms with van der Waals surface area (Å²) in [6.45, 7) is -0.528. The number of halogens is 3. The summed E-state index contributed by atoms with van der Waals surface area (Å²) in [6.07, 6.45) is -3.57. The zero-order chi connectivity index (χ0) is 19.4. The molecule has 0 aliphatic carbocycles. The van der Waals surface area contributed by atoms with Crippen LogP contribution in [0.1, 0.15) is 11.1 Å². The first kappa shape index (κ1) is 19.9. The fraction of sp³-hybridized carbons (Fsp3) is 0.235. The van der Waals surface area contributed by atoms with E-state index in [4.69, 9.17) is 0 Å². The van der Waals surface area contributed by atoms with E-state index in [-0.39, 0.29) is 12.2 Å². The number of hydrogen-bond acceptors (Lipinski definition) is 3. The van der Waals surface area contributed by atoms with Gasteiger partial charge in [0, 0.05) is 12.2 Å². The van der Waals surface area contributed by atoms with Gasteiger partial charge in [-0.1, -0.05) is 36.4 Å². The molecule has 0 saturated heterocycles. The lowest BCUT2D eigenvalue weighted by molar-refractivity contribution is -0.137. The van der Waals surface area contributed by atoms with Crippen LogP contribution in [0.2, 0.25) is 0 Å². The molecule has 0 aromatic heterocycles. The summed E-state index contributed by atoms with van der Waals surface area (Å²) in [6, 6.07) is 12.8. The van der Waals surface area contributed by atoms with Crippen LogP contribution in [0.15, 0.2) is 54.6 Å². The molecule has 0 heterocycles. The van der Waals surface area contributed by atoms with Gasteiger partial charge < -0.3 is 5.32 Å². The average molecular weight is 386 g/mol. The van der Waals surface area contributed by atoms with Crippen molar-refractivity contribution >= 4 is 21.6 Å². The quantitative estimate of drug-likeness (QED) is 0.830. The lowest BCUT2D eigenvalue weighted by Gasteiger charge is -2.19. The van der Waals surface area contributed by atoms with E-state index < -0.39 is 34.2 Å². The molecule has 0 radical (unpaired) electrons. The van der Waals surface area contributed by atoms with Gasteiger partial charge in [0.15, 0.2) is 0 Å². The van der Waals surface area contributed by atoms with Gasteiger partial charge in [-0.05, 0) is 23.8 Å². The van der Waals surface area contributed by atoms with Crippen molar-refractivity contribution < 1.29 is 26.4 Å². The van der Waals surface area contributed by atoms with Crippen molar-refractivity contribution in [2.45, 2.75) is 12.7 Å². The number of carbonyl (C=O) groups excluding carboxylic acids is 1. The van der Waals surface area contributed by atoms with Gasteiger partial charge in [-0.15, -0.1) is 0 Å². The highest BCUT2D eigenvalue weighted by atomic mass is 32.2. The van der Waals surface area contributed by atoms with Gasteiger partial charge in [0.1, 0.15) is 0 Å². The summed E-state index contributed by atoms with van der Waals surface area (Å²) >= 11 is 0. The van der Waals surface area contributed by atoms with Crippen LogP contribution in [-0.2, 0) is 27.5 Å². The minimum absolute atomic E-state index is 0.0182. The number of amides is 1. The zero-order valence-corrected chi connectivity index (χ0v) is 14.6. The molecule has 140 valence electrons. The van der Waals surface area contributed by atoms with Gasteiger partial charge in [-0.3, -0.25) is 4.79 Å². The highest BCUT2D eigenvalue weighted by Crippen LogP contribution is 2.30. The predicted octanol–water partition coefficient (Wildman–Crippen LogP) is 3.11. The molecule has 1 N–H and O–H groups in total. The molecule has 26 heavy (non-hydrogen) atoms. The second-order valence-electron chi connectivity index (χ2n) is 5.64. The Bertz CT molecular complexity index is 868. The summed E-state index contributed by atoms with van der Waals surface area (Å²) in [7, 11) is -3.69. The first-order valence-corrected chi connectivity index (χ1v) is 9.37. The highest BCUT2D eigenvalue weighted by Gasteiger charge is 2.30. The van der Waals surface area contributed by atoms with E-state index in [9.17, 15) is 26.4 Å². The number of alkyl halides is 3. The van der Waals surface area contributed by atoms with E-state index in [1.807, 2.05) is 0 Å². The van der Waals surface area contributed by atoms with Crippen molar-refractivity contribution in [1.29, 1.82) is 0 Å². The van der Waals surface area contributed by atoms with Gasteiger partial charge >= 0.3 is 6.18 Å². The lowest BCUT2D eigenvalue weighted by atomic mass is 10.2. The van der Waals surface area contributed by atoms with E-state index in [0.717, 1.165) is 28.8 Å². The van der Waals surface area contributed by atoms with E-state index in [1.54, 1.807) is 30.3 Å². The number of nitrogens with one attached hydrogen (secondary N) is 1. The first-order valence-electron chi connectivity index (χ1n) is 7.52. The molecule has 0 spiro atoms. The summed E-state index contributed by atoms with van der Waals surface area (Å²) in [5, 5.41) is 2.30. The molecular weight excluding hydrogens is 369 g/mol. The molecule has 0 atom stereocenters. The molecule has 2 aromatic rings. The number of rotatable bonds is 6. The summed E-state index contributed by atoms with van der Waals surface area (Å²) in [5.41, 5.74) is -0.276. The van der Waals surface area contributed by atoms with Crippen molar-refractivity contribution in [3.63, 3.8) is 0 Å². The molecule has 2 rings (SSSR count). The number of carbonyl (C=O) groups is 1. The smallest absolute Gasteiger partial charge is 0.325 e. The maximum absolute atomic E-state index is 12.7. The minimum atomic E-state index is -4.53. The van der Waals surface area contributed by atoms with Crippen LogP contribution in [0.25, 0.3) is 0 Å². The first-order chi connectivity index (χ1) is 12.1. The monoisotopic (exact) mass is 386 g/mol. The second-order valence-corrected chi connectivity index (χ2v) is 7.63. The highest BCUT2D eigenvalue weighted by molar-refractivity contribution is 7.88. The molecular formula is C17H17F3N2O3S. The number of anilines is 1. The Kier molecular flexibility index (Phi) is 6.04. The summed E-state index contributed by atoms with van der Waals surface area (Å²) in [5.74, 6) is -0.731. The number of sulfonamides is 1. The van der Waals surface area contributed by atoms with Crippen molar-refractivity contribution in [2.75, 3.05) is 18.1 Å². The van der Waals surface area contributed by atoms with Crippen molar-refractivity contribution in [3.8, 4) is 0 Å². The maximum Gasteiger partial charge on any atom is 0.416 e. The van der Waals surface area contributed by atoms with E-state index in [2.05, 4.69) is 5.32 Å². The van der Waals surface area contributed by atoms with Crippen LogP contribution >= 0.6 is 0 Å². The van der Waals surface area contributed by atoms with Crippen LogP contribution in [0.3, 0.4) is 0 Å². The van der Waals surface area contributed by atoms with Crippen LogP contribution in [-0.4, -0.2) is 31.4 Å². The van der Waals surface area contributed by atoms with Crippen LogP contribution in [0, 0.1) is 0 Å². The Morgan fingerprint density at radius 3 is 2.31 bits per heavy atom. The minimum Gasteiger partial charge on any atom is -0.325 e. The topological polar surface area (TPSA) is 66.5 Å². The Balaban J connectivity index is 2.10. The fourth-order valence-corrected chi connectivity index (χ4v) is 2.95. The Morgan fingerprint density at radius 1 is 1.08 bits per heavy atom. The molecule has 0 bridgehead atoms.